The second-order valence-electron chi connectivity index (χ2n) is 6.34. The van der Waals surface area contributed by atoms with Crippen LogP contribution in [0.5, 0.6) is 11.5 Å². The zero-order valence-corrected chi connectivity index (χ0v) is 17.5. The summed E-state index contributed by atoms with van der Waals surface area (Å²) >= 11 is 5.97. The van der Waals surface area contributed by atoms with Crippen molar-refractivity contribution in [2.45, 2.75) is 13.5 Å². The molecule has 0 saturated heterocycles. The molecule has 0 fully saturated rings. The highest BCUT2D eigenvalue weighted by molar-refractivity contribution is 6.31. The van der Waals surface area contributed by atoms with E-state index in [9.17, 15) is 9.59 Å². The maximum absolute atomic E-state index is 12.5. The van der Waals surface area contributed by atoms with E-state index in [1.807, 2.05) is 31.2 Å². The van der Waals surface area contributed by atoms with Crippen molar-refractivity contribution in [2.24, 2.45) is 0 Å². The fraction of sp³-hybridized carbons (Fsp3) is 0.227. The van der Waals surface area contributed by atoms with Crippen molar-refractivity contribution in [3.8, 4) is 22.8 Å². The zero-order chi connectivity index (χ0) is 21.5. The molecule has 1 aromatic heterocycles. The Hall–Kier alpha value is -3.32. The summed E-state index contributed by atoms with van der Waals surface area (Å²) in [5.41, 5.74) is 1.59. The molecule has 3 rings (SSSR count). The molecule has 30 heavy (non-hydrogen) atoms. The number of benzene rings is 2. The largest absolute Gasteiger partial charge is 0.496 e. The zero-order valence-electron chi connectivity index (χ0n) is 16.7. The third kappa shape index (κ3) is 5.18. The number of rotatable bonds is 8. The minimum atomic E-state index is -0.343. The van der Waals surface area contributed by atoms with Gasteiger partial charge in [0.25, 0.3) is 11.5 Å². The summed E-state index contributed by atoms with van der Waals surface area (Å²) in [6.07, 6.45) is 0. The summed E-state index contributed by atoms with van der Waals surface area (Å²) < 4.78 is 12.0. The number of carbonyl (C=O) groups excluding carboxylic acids is 1. The average Bonchev–Trinajstić information content (AvgIpc) is 2.75. The number of ether oxygens (including phenoxy) is 2. The predicted molar refractivity (Wildman–Crippen MR) is 115 cm³/mol. The molecule has 1 amide bonds. The summed E-state index contributed by atoms with van der Waals surface area (Å²) in [6, 6.07) is 15.4. The van der Waals surface area contributed by atoms with Crippen molar-refractivity contribution in [3.63, 3.8) is 0 Å². The van der Waals surface area contributed by atoms with E-state index in [-0.39, 0.29) is 24.6 Å². The van der Waals surface area contributed by atoms with Crippen LogP contribution in [0.3, 0.4) is 0 Å². The maximum atomic E-state index is 12.5. The van der Waals surface area contributed by atoms with Crippen molar-refractivity contribution >= 4 is 17.5 Å². The monoisotopic (exact) mass is 427 g/mol. The van der Waals surface area contributed by atoms with Crippen molar-refractivity contribution in [3.05, 3.63) is 75.5 Å². The topological polar surface area (TPSA) is 82.5 Å². The number of halogens is 1. The normalized spacial score (nSPS) is 10.5. The molecule has 7 nitrogen and oxygen atoms in total. The van der Waals surface area contributed by atoms with E-state index in [2.05, 4.69) is 10.4 Å². The minimum Gasteiger partial charge on any atom is -0.496 e. The summed E-state index contributed by atoms with van der Waals surface area (Å²) in [5, 5.41) is 7.60. The molecule has 0 bridgehead atoms. The van der Waals surface area contributed by atoms with Crippen LogP contribution in [0.4, 0.5) is 0 Å². The first-order valence-electron chi connectivity index (χ1n) is 9.45. The second-order valence-corrected chi connectivity index (χ2v) is 6.77. The number of hydrogen-bond acceptors (Lipinski definition) is 5. The Bertz CT molecular complexity index is 1080. The van der Waals surface area contributed by atoms with Gasteiger partial charge in [-0.2, -0.15) is 5.10 Å². The second kappa shape index (κ2) is 9.93. The molecule has 8 heteroatoms. The molecule has 0 radical (unpaired) electrons. The molecule has 2 aromatic carbocycles. The van der Waals surface area contributed by atoms with Crippen LogP contribution >= 0.6 is 11.6 Å². The first-order valence-corrected chi connectivity index (χ1v) is 9.82. The van der Waals surface area contributed by atoms with Gasteiger partial charge in [0.05, 0.1) is 31.5 Å². The van der Waals surface area contributed by atoms with Crippen molar-refractivity contribution in [1.29, 1.82) is 0 Å². The van der Waals surface area contributed by atoms with E-state index < -0.39 is 0 Å². The van der Waals surface area contributed by atoms with E-state index in [0.717, 1.165) is 11.3 Å². The predicted octanol–water partition coefficient (Wildman–Crippen LogP) is 3.40. The molecule has 0 aliphatic carbocycles. The highest BCUT2D eigenvalue weighted by Crippen LogP contribution is 2.22. The Morgan fingerprint density at radius 3 is 2.60 bits per heavy atom. The van der Waals surface area contributed by atoms with Crippen molar-refractivity contribution in [1.82, 2.24) is 15.1 Å². The minimum absolute atomic E-state index is 0.216. The molecule has 156 valence electrons. The summed E-state index contributed by atoms with van der Waals surface area (Å²) in [7, 11) is 1.48. The molecule has 3 aromatic rings. The molecule has 1 N–H and O–H groups in total. The number of amides is 1. The summed E-state index contributed by atoms with van der Waals surface area (Å²) in [4.78, 5) is 24.6. The van der Waals surface area contributed by atoms with Gasteiger partial charge in [0, 0.05) is 23.2 Å². The number of nitrogens with one attached hydrogen (secondary N) is 1. The van der Waals surface area contributed by atoms with Gasteiger partial charge in [-0.05, 0) is 55.5 Å². The van der Waals surface area contributed by atoms with Gasteiger partial charge < -0.3 is 14.8 Å². The Morgan fingerprint density at radius 1 is 1.13 bits per heavy atom. The molecule has 0 saturated carbocycles. The first kappa shape index (κ1) is 21.4. The van der Waals surface area contributed by atoms with Crippen molar-refractivity contribution < 1.29 is 14.3 Å². The Kier molecular flexibility index (Phi) is 7.08. The van der Waals surface area contributed by atoms with Crippen LogP contribution in [-0.4, -0.2) is 35.9 Å². The smallest absolute Gasteiger partial charge is 0.266 e. The standard InChI is InChI=1S/C22H22ClN3O4/c1-3-30-17-7-4-15(5-8-17)19-9-11-21(27)26(25-19)13-12-24-22(28)18-14-16(23)6-10-20(18)29-2/h4-11,14H,3,12-13H2,1-2H3,(H,24,28). The highest BCUT2D eigenvalue weighted by Gasteiger charge is 2.13. The van der Waals surface area contributed by atoms with Gasteiger partial charge in [-0.15, -0.1) is 0 Å². The Balaban J connectivity index is 1.68. The lowest BCUT2D eigenvalue weighted by atomic mass is 10.1. The van der Waals surface area contributed by atoms with E-state index in [1.165, 1.54) is 23.9 Å². The summed E-state index contributed by atoms with van der Waals surface area (Å²) in [6.45, 7) is 2.95. The van der Waals surface area contributed by atoms with Crippen molar-refractivity contribution in [2.75, 3.05) is 20.3 Å². The van der Waals surface area contributed by atoms with E-state index in [0.29, 0.717) is 28.6 Å². The third-order valence-corrected chi connectivity index (χ3v) is 4.58. The Morgan fingerprint density at radius 2 is 1.90 bits per heavy atom. The fourth-order valence-electron chi connectivity index (χ4n) is 2.88. The molecule has 0 unspecified atom stereocenters. The van der Waals surface area contributed by atoms with Gasteiger partial charge >= 0.3 is 0 Å². The van der Waals surface area contributed by atoms with E-state index in [4.69, 9.17) is 21.1 Å². The fourth-order valence-corrected chi connectivity index (χ4v) is 3.05. The van der Waals surface area contributed by atoms with Gasteiger partial charge in [0.2, 0.25) is 0 Å². The van der Waals surface area contributed by atoms with Crippen LogP contribution in [0.2, 0.25) is 5.02 Å². The number of aromatic nitrogens is 2. The van der Waals surface area contributed by atoms with E-state index in [1.54, 1.807) is 18.2 Å². The molecule has 0 spiro atoms. The van der Waals surface area contributed by atoms with Crippen LogP contribution in [0.1, 0.15) is 17.3 Å². The molecule has 1 heterocycles. The first-order chi connectivity index (χ1) is 14.5. The number of hydrogen-bond donors (Lipinski definition) is 1. The molecular weight excluding hydrogens is 406 g/mol. The lowest BCUT2D eigenvalue weighted by molar-refractivity contribution is 0.0948. The van der Waals surface area contributed by atoms with Crippen LogP contribution < -0.4 is 20.3 Å². The van der Waals surface area contributed by atoms with Gasteiger partial charge in [0.1, 0.15) is 11.5 Å². The quantitative estimate of drug-likeness (QED) is 0.595. The van der Waals surface area contributed by atoms with Gasteiger partial charge in [-0.25, -0.2) is 4.68 Å². The van der Waals surface area contributed by atoms with Gasteiger partial charge in [-0.1, -0.05) is 11.6 Å². The van der Waals surface area contributed by atoms with Crippen LogP contribution in [0, 0.1) is 0 Å². The number of methoxy groups -OCH3 is 1. The lowest BCUT2D eigenvalue weighted by Gasteiger charge is -2.11. The SMILES string of the molecule is CCOc1ccc(-c2ccc(=O)n(CCNC(=O)c3cc(Cl)ccc3OC)n2)cc1. The molecular formula is C22H22ClN3O4. The Labute approximate surface area is 179 Å². The maximum Gasteiger partial charge on any atom is 0.266 e. The van der Waals surface area contributed by atoms with Crippen LogP contribution in [0.25, 0.3) is 11.3 Å². The molecule has 0 aliphatic heterocycles. The highest BCUT2D eigenvalue weighted by atomic mass is 35.5. The summed E-state index contributed by atoms with van der Waals surface area (Å²) in [5.74, 6) is 0.850. The molecule has 0 aliphatic rings. The van der Waals surface area contributed by atoms with Crippen LogP contribution in [0.15, 0.2) is 59.4 Å². The lowest BCUT2D eigenvalue weighted by Crippen LogP contribution is -2.32. The third-order valence-electron chi connectivity index (χ3n) is 4.34. The number of carbonyl (C=O) groups is 1. The average molecular weight is 428 g/mol. The van der Waals surface area contributed by atoms with Gasteiger partial charge in [0.15, 0.2) is 0 Å². The van der Waals surface area contributed by atoms with E-state index >= 15 is 0 Å². The van der Waals surface area contributed by atoms with Crippen LogP contribution in [-0.2, 0) is 6.54 Å². The van der Waals surface area contributed by atoms with Gasteiger partial charge in [-0.3, -0.25) is 9.59 Å². The number of nitrogens with zero attached hydrogens (tertiary/aromatic N) is 2. The molecule has 0 atom stereocenters.